The van der Waals surface area contributed by atoms with Crippen LogP contribution in [0, 0.1) is 0 Å². The molecule has 0 aliphatic rings. The number of aldehydes is 1. The van der Waals surface area contributed by atoms with Crippen molar-refractivity contribution >= 4 is 18.5 Å². The molecule has 0 bridgehead atoms. The first-order valence-electron chi connectivity index (χ1n) is 7.65. The highest BCUT2D eigenvalue weighted by molar-refractivity contribution is 5.80. The SMILES string of the molecule is COc1cc(C=O)cc(OC)c1C=CCCNC(=O)OC(C)(C)C. The van der Waals surface area contributed by atoms with Crippen molar-refractivity contribution in [3.63, 3.8) is 0 Å². The third-order valence-corrected chi connectivity index (χ3v) is 2.97. The standard InChI is InChI=1S/C18H25NO5/c1-18(2,3)24-17(21)19-9-7-6-8-14-15(22-4)10-13(12-20)11-16(14)23-5/h6,8,10-12H,7,9H2,1-5H3,(H,19,21). The fraction of sp³-hybridized carbons (Fsp3) is 0.444. The summed E-state index contributed by atoms with van der Waals surface area (Å²) in [5.74, 6) is 1.10. The molecule has 132 valence electrons. The predicted octanol–water partition coefficient (Wildman–Crippen LogP) is 3.44. The molecule has 0 saturated carbocycles. The van der Waals surface area contributed by atoms with E-state index in [4.69, 9.17) is 14.2 Å². The normalized spacial score (nSPS) is 11.2. The highest BCUT2D eigenvalue weighted by atomic mass is 16.6. The summed E-state index contributed by atoms with van der Waals surface area (Å²) in [5.41, 5.74) is 0.705. The fourth-order valence-corrected chi connectivity index (χ4v) is 1.96. The van der Waals surface area contributed by atoms with Gasteiger partial charge in [0.05, 0.1) is 19.8 Å². The number of ether oxygens (including phenoxy) is 3. The Balaban J connectivity index is 2.67. The van der Waals surface area contributed by atoms with Gasteiger partial charge in [0.25, 0.3) is 0 Å². The van der Waals surface area contributed by atoms with Gasteiger partial charge in [-0.25, -0.2) is 4.79 Å². The Labute approximate surface area is 142 Å². The molecule has 0 radical (unpaired) electrons. The van der Waals surface area contributed by atoms with E-state index in [1.165, 1.54) is 14.2 Å². The average Bonchev–Trinajstić information content (AvgIpc) is 2.52. The Morgan fingerprint density at radius 3 is 2.21 bits per heavy atom. The van der Waals surface area contributed by atoms with Crippen molar-refractivity contribution in [3.05, 3.63) is 29.3 Å². The van der Waals surface area contributed by atoms with Crippen molar-refractivity contribution in [1.29, 1.82) is 0 Å². The van der Waals surface area contributed by atoms with Crippen molar-refractivity contribution in [2.45, 2.75) is 32.8 Å². The summed E-state index contributed by atoms with van der Waals surface area (Å²) in [6, 6.07) is 3.29. The summed E-state index contributed by atoms with van der Waals surface area (Å²) in [6.07, 6.45) is 4.63. The van der Waals surface area contributed by atoms with Crippen LogP contribution in [0.4, 0.5) is 4.79 Å². The highest BCUT2D eigenvalue weighted by Crippen LogP contribution is 2.31. The van der Waals surface area contributed by atoms with Crippen LogP contribution in [0.15, 0.2) is 18.2 Å². The maximum absolute atomic E-state index is 11.5. The summed E-state index contributed by atoms with van der Waals surface area (Å²) in [7, 11) is 3.06. The number of alkyl carbamates (subject to hydrolysis) is 1. The molecule has 0 aliphatic heterocycles. The minimum atomic E-state index is -0.513. The molecule has 0 atom stereocenters. The topological polar surface area (TPSA) is 73.9 Å². The Hall–Kier alpha value is -2.50. The molecule has 0 saturated heterocycles. The van der Waals surface area contributed by atoms with Gasteiger partial charge in [-0.15, -0.1) is 0 Å². The Kier molecular flexibility index (Phi) is 7.30. The van der Waals surface area contributed by atoms with Crippen LogP contribution in [0.2, 0.25) is 0 Å². The largest absolute Gasteiger partial charge is 0.496 e. The van der Waals surface area contributed by atoms with Gasteiger partial charge in [-0.2, -0.15) is 0 Å². The van der Waals surface area contributed by atoms with Gasteiger partial charge in [0.2, 0.25) is 0 Å². The third-order valence-electron chi connectivity index (χ3n) is 2.97. The predicted molar refractivity (Wildman–Crippen MR) is 92.8 cm³/mol. The number of methoxy groups -OCH3 is 2. The summed E-state index contributed by atoms with van der Waals surface area (Å²) < 4.78 is 15.8. The summed E-state index contributed by atoms with van der Waals surface area (Å²) in [6.45, 7) is 5.89. The number of nitrogens with one attached hydrogen (secondary N) is 1. The quantitative estimate of drug-likeness (QED) is 0.610. The maximum Gasteiger partial charge on any atom is 0.407 e. The van der Waals surface area contributed by atoms with E-state index in [9.17, 15) is 9.59 Å². The van der Waals surface area contributed by atoms with Gasteiger partial charge < -0.3 is 19.5 Å². The average molecular weight is 335 g/mol. The zero-order chi connectivity index (χ0) is 18.2. The van der Waals surface area contributed by atoms with Gasteiger partial charge in [0.1, 0.15) is 23.4 Å². The first kappa shape index (κ1) is 19.5. The number of amides is 1. The van der Waals surface area contributed by atoms with E-state index in [2.05, 4.69) is 5.32 Å². The lowest BCUT2D eigenvalue weighted by Gasteiger charge is -2.19. The Morgan fingerprint density at radius 2 is 1.75 bits per heavy atom. The number of carbonyl (C=O) groups excluding carboxylic acids is 2. The first-order valence-corrected chi connectivity index (χ1v) is 7.65. The molecule has 0 spiro atoms. The summed E-state index contributed by atoms with van der Waals surface area (Å²) in [4.78, 5) is 22.5. The zero-order valence-corrected chi connectivity index (χ0v) is 14.8. The van der Waals surface area contributed by atoms with Crippen LogP contribution >= 0.6 is 0 Å². The van der Waals surface area contributed by atoms with Crippen LogP contribution in [0.3, 0.4) is 0 Å². The van der Waals surface area contributed by atoms with Gasteiger partial charge in [0, 0.05) is 12.1 Å². The Morgan fingerprint density at radius 1 is 1.17 bits per heavy atom. The molecule has 0 fully saturated rings. The van der Waals surface area contributed by atoms with E-state index in [-0.39, 0.29) is 0 Å². The van der Waals surface area contributed by atoms with Crippen LogP contribution in [0.1, 0.15) is 43.1 Å². The molecule has 0 heterocycles. The molecule has 0 aliphatic carbocycles. The van der Waals surface area contributed by atoms with Crippen molar-refractivity contribution in [2.75, 3.05) is 20.8 Å². The van der Waals surface area contributed by atoms with Gasteiger partial charge in [-0.05, 0) is 39.3 Å². The minimum absolute atomic E-state index is 0.443. The Bertz CT molecular complexity index is 577. The number of rotatable bonds is 7. The number of hydrogen-bond acceptors (Lipinski definition) is 5. The van der Waals surface area contributed by atoms with Crippen LogP contribution in [-0.4, -0.2) is 38.7 Å². The van der Waals surface area contributed by atoms with Crippen molar-refractivity contribution in [3.8, 4) is 11.5 Å². The molecule has 1 N–H and O–H groups in total. The van der Waals surface area contributed by atoms with Crippen LogP contribution in [0.25, 0.3) is 6.08 Å². The molecule has 1 rings (SSSR count). The van der Waals surface area contributed by atoms with E-state index in [0.717, 1.165) is 11.8 Å². The lowest BCUT2D eigenvalue weighted by Crippen LogP contribution is -2.32. The number of hydrogen-bond donors (Lipinski definition) is 1. The molecule has 6 nitrogen and oxygen atoms in total. The van der Waals surface area contributed by atoms with Gasteiger partial charge in [-0.3, -0.25) is 4.79 Å². The molecule has 1 aromatic carbocycles. The number of carbonyl (C=O) groups is 2. The van der Waals surface area contributed by atoms with Crippen molar-refractivity contribution in [1.82, 2.24) is 5.32 Å². The first-order chi connectivity index (χ1) is 11.3. The van der Waals surface area contributed by atoms with E-state index < -0.39 is 11.7 Å². The van der Waals surface area contributed by atoms with Crippen LogP contribution < -0.4 is 14.8 Å². The van der Waals surface area contributed by atoms with Gasteiger partial charge in [0.15, 0.2) is 0 Å². The number of benzene rings is 1. The molecule has 1 aromatic rings. The molecule has 1 amide bonds. The third kappa shape index (κ3) is 6.32. The van der Waals surface area contributed by atoms with Crippen LogP contribution in [0.5, 0.6) is 11.5 Å². The molecule has 0 aromatic heterocycles. The van der Waals surface area contributed by atoms with Gasteiger partial charge in [-0.1, -0.05) is 12.2 Å². The van der Waals surface area contributed by atoms with Gasteiger partial charge >= 0.3 is 6.09 Å². The second-order valence-electron chi connectivity index (χ2n) is 6.08. The monoisotopic (exact) mass is 335 g/mol. The molecule has 6 heteroatoms. The fourth-order valence-electron chi connectivity index (χ4n) is 1.96. The molecule has 0 unspecified atom stereocenters. The van der Waals surface area contributed by atoms with Crippen LogP contribution in [-0.2, 0) is 4.74 Å². The summed E-state index contributed by atoms with van der Waals surface area (Å²) in [5, 5.41) is 2.68. The minimum Gasteiger partial charge on any atom is -0.496 e. The second-order valence-corrected chi connectivity index (χ2v) is 6.08. The van der Waals surface area contributed by atoms with E-state index in [1.54, 1.807) is 12.1 Å². The molecule has 24 heavy (non-hydrogen) atoms. The van der Waals surface area contributed by atoms with E-state index >= 15 is 0 Å². The zero-order valence-electron chi connectivity index (χ0n) is 14.8. The molecular weight excluding hydrogens is 310 g/mol. The van der Waals surface area contributed by atoms with Crippen molar-refractivity contribution < 1.29 is 23.8 Å². The van der Waals surface area contributed by atoms with E-state index in [1.807, 2.05) is 32.9 Å². The molecular formula is C18H25NO5. The highest BCUT2D eigenvalue weighted by Gasteiger charge is 2.15. The van der Waals surface area contributed by atoms with Crippen molar-refractivity contribution in [2.24, 2.45) is 0 Å². The van der Waals surface area contributed by atoms with E-state index in [0.29, 0.717) is 30.0 Å². The maximum atomic E-state index is 11.5. The smallest absolute Gasteiger partial charge is 0.407 e. The second kappa shape index (κ2) is 8.96. The lowest BCUT2D eigenvalue weighted by molar-refractivity contribution is 0.0528. The summed E-state index contributed by atoms with van der Waals surface area (Å²) >= 11 is 0. The lowest BCUT2D eigenvalue weighted by atomic mass is 10.1.